The smallest absolute Gasteiger partial charge is 0.119 e. The largest absolute Gasteiger partial charge is 0.497 e. The first-order chi connectivity index (χ1) is 10.3. The predicted octanol–water partition coefficient (Wildman–Crippen LogP) is 4.03. The van der Waals surface area contributed by atoms with Crippen molar-refractivity contribution in [2.45, 2.75) is 6.42 Å². The van der Waals surface area contributed by atoms with Crippen LogP contribution in [0.2, 0.25) is 0 Å². The van der Waals surface area contributed by atoms with E-state index >= 15 is 0 Å². The number of azide groups is 1. The molecule has 0 aliphatic carbocycles. The SMILES string of the molecule is COc1ccc2c(c1)C(c1ccc(N=[N+]=[N-])cc1)=NCC2. The summed E-state index contributed by atoms with van der Waals surface area (Å²) in [4.78, 5) is 7.43. The molecular weight excluding hydrogens is 264 g/mol. The molecule has 0 amide bonds. The summed E-state index contributed by atoms with van der Waals surface area (Å²) in [5, 5.41) is 3.59. The summed E-state index contributed by atoms with van der Waals surface area (Å²) in [5.74, 6) is 0.828. The van der Waals surface area contributed by atoms with Crippen molar-refractivity contribution in [3.05, 3.63) is 69.6 Å². The number of fused-ring (bicyclic) bond motifs is 1. The van der Waals surface area contributed by atoms with Crippen molar-refractivity contribution in [3.63, 3.8) is 0 Å². The minimum atomic E-state index is 0.600. The van der Waals surface area contributed by atoms with Gasteiger partial charge in [-0.15, -0.1) is 0 Å². The van der Waals surface area contributed by atoms with E-state index in [9.17, 15) is 0 Å². The molecule has 5 heteroatoms. The van der Waals surface area contributed by atoms with Crippen molar-refractivity contribution in [2.75, 3.05) is 13.7 Å². The Hall–Kier alpha value is -2.78. The second-order valence-electron chi connectivity index (χ2n) is 4.74. The third kappa shape index (κ3) is 2.59. The molecule has 0 spiro atoms. The molecule has 2 aromatic rings. The van der Waals surface area contributed by atoms with Gasteiger partial charge in [0.1, 0.15) is 5.75 Å². The second-order valence-corrected chi connectivity index (χ2v) is 4.74. The normalized spacial score (nSPS) is 12.9. The van der Waals surface area contributed by atoms with Crippen LogP contribution in [-0.2, 0) is 6.42 Å². The molecular formula is C16H14N4O. The van der Waals surface area contributed by atoms with E-state index in [4.69, 9.17) is 10.3 Å². The standard InChI is InChI=1S/C16H14N4O/c1-21-14-7-4-11-8-9-18-16(15(11)10-14)12-2-5-13(6-3-12)19-20-17/h2-7,10H,8-9H2,1H3. The average molecular weight is 278 g/mol. The molecule has 0 atom stereocenters. The Morgan fingerprint density at radius 1 is 1.19 bits per heavy atom. The Bertz CT molecular complexity index is 743. The van der Waals surface area contributed by atoms with Gasteiger partial charge in [0, 0.05) is 28.3 Å². The van der Waals surface area contributed by atoms with Gasteiger partial charge >= 0.3 is 0 Å². The summed E-state index contributed by atoms with van der Waals surface area (Å²) in [6.07, 6.45) is 0.944. The molecule has 0 unspecified atom stereocenters. The number of benzene rings is 2. The van der Waals surface area contributed by atoms with Crippen molar-refractivity contribution in [1.29, 1.82) is 0 Å². The monoisotopic (exact) mass is 278 g/mol. The molecule has 1 aliphatic rings. The topological polar surface area (TPSA) is 70.3 Å². The third-order valence-corrected chi connectivity index (χ3v) is 3.52. The first-order valence-electron chi connectivity index (χ1n) is 6.69. The van der Waals surface area contributed by atoms with Crippen LogP contribution in [0, 0.1) is 0 Å². The highest BCUT2D eigenvalue weighted by Crippen LogP contribution is 2.25. The van der Waals surface area contributed by atoms with E-state index in [1.54, 1.807) is 19.2 Å². The minimum Gasteiger partial charge on any atom is -0.497 e. The van der Waals surface area contributed by atoms with Crippen LogP contribution in [0.3, 0.4) is 0 Å². The number of ether oxygens (including phenoxy) is 1. The zero-order chi connectivity index (χ0) is 14.7. The Balaban J connectivity index is 2.03. The van der Waals surface area contributed by atoms with E-state index in [-0.39, 0.29) is 0 Å². The maximum absolute atomic E-state index is 8.45. The number of aliphatic imine (C=N–C) groups is 1. The highest BCUT2D eigenvalue weighted by molar-refractivity contribution is 6.14. The van der Waals surface area contributed by atoms with E-state index in [2.05, 4.69) is 21.1 Å². The van der Waals surface area contributed by atoms with Gasteiger partial charge in [0.2, 0.25) is 0 Å². The summed E-state index contributed by atoms with van der Waals surface area (Å²) < 4.78 is 5.31. The highest BCUT2D eigenvalue weighted by Gasteiger charge is 2.16. The minimum absolute atomic E-state index is 0.600. The predicted molar refractivity (Wildman–Crippen MR) is 82.5 cm³/mol. The van der Waals surface area contributed by atoms with Crippen LogP contribution < -0.4 is 4.74 Å². The van der Waals surface area contributed by atoms with Gasteiger partial charge in [-0.05, 0) is 29.6 Å². The van der Waals surface area contributed by atoms with Crippen LogP contribution in [0.1, 0.15) is 16.7 Å². The van der Waals surface area contributed by atoms with Crippen LogP contribution in [0.4, 0.5) is 5.69 Å². The lowest BCUT2D eigenvalue weighted by Gasteiger charge is -2.18. The van der Waals surface area contributed by atoms with E-state index in [1.807, 2.05) is 24.3 Å². The Kier molecular flexibility index (Phi) is 3.58. The van der Waals surface area contributed by atoms with Crippen molar-refractivity contribution in [3.8, 4) is 5.75 Å². The number of hydrogen-bond donors (Lipinski definition) is 0. The van der Waals surface area contributed by atoms with Gasteiger partial charge in [-0.1, -0.05) is 35.4 Å². The van der Waals surface area contributed by atoms with E-state index < -0.39 is 0 Å². The van der Waals surface area contributed by atoms with E-state index in [0.717, 1.165) is 35.6 Å². The molecule has 0 radical (unpaired) electrons. The lowest BCUT2D eigenvalue weighted by Crippen LogP contribution is -2.14. The van der Waals surface area contributed by atoms with Crippen LogP contribution in [0.15, 0.2) is 52.6 Å². The van der Waals surface area contributed by atoms with Crippen LogP contribution in [-0.4, -0.2) is 19.4 Å². The van der Waals surface area contributed by atoms with Crippen LogP contribution in [0.5, 0.6) is 5.75 Å². The molecule has 0 bridgehead atoms. The molecule has 2 aromatic carbocycles. The van der Waals surface area contributed by atoms with Crippen molar-refractivity contribution in [2.24, 2.45) is 10.1 Å². The van der Waals surface area contributed by atoms with Gasteiger partial charge in [0.05, 0.1) is 12.8 Å². The van der Waals surface area contributed by atoms with Crippen LogP contribution >= 0.6 is 0 Å². The Morgan fingerprint density at radius 3 is 2.71 bits per heavy atom. The fraction of sp³-hybridized carbons (Fsp3) is 0.188. The summed E-state index contributed by atoms with van der Waals surface area (Å²) in [5.41, 5.74) is 13.4. The third-order valence-electron chi connectivity index (χ3n) is 3.52. The van der Waals surface area contributed by atoms with E-state index in [1.165, 1.54) is 5.56 Å². The Labute approximate surface area is 122 Å². The van der Waals surface area contributed by atoms with Crippen molar-refractivity contribution >= 4 is 11.4 Å². The first-order valence-corrected chi connectivity index (χ1v) is 6.69. The summed E-state index contributed by atoms with van der Waals surface area (Å²) in [7, 11) is 1.66. The number of methoxy groups -OCH3 is 1. The summed E-state index contributed by atoms with van der Waals surface area (Å²) in [6.45, 7) is 0.784. The fourth-order valence-corrected chi connectivity index (χ4v) is 2.48. The van der Waals surface area contributed by atoms with Gasteiger partial charge in [-0.25, -0.2) is 0 Å². The number of hydrogen-bond acceptors (Lipinski definition) is 3. The molecule has 0 aromatic heterocycles. The zero-order valence-corrected chi connectivity index (χ0v) is 11.7. The fourth-order valence-electron chi connectivity index (χ4n) is 2.48. The molecule has 5 nitrogen and oxygen atoms in total. The highest BCUT2D eigenvalue weighted by atomic mass is 16.5. The van der Waals surface area contributed by atoms with Gasteiger partial charge in [-0.2, -0.15) is 0 Å². The number of nitrogens with zero attached hydrogens (tertiary/aromatic N) is 4. The molecule has 1 aliphatic heterocycles. The zero-order valence-electron chi connectivity index (χ0n) is 11.7. The summed E-state index contributed by atoms with van der Waals surface area (Å²) >= 11 is 0. The van der Waals surface area contributed by atoms with Gasteiger partial charge < -0.3 is 4.74 Å². The van der Waals surface area contributed by atoms with E-state index in [0.29, 0.717) is 5.69 Å². The maximum atomic E-state index is 8.45. The molecule has 104 valence electrons. The lowest BCUT2D eigenvalue weighted by molar-refractivity contribution is 0.414. The van der Waals surface area contributed by atoms with Crippen molar-refractivity contribution < 1.29 is 4.74 Å². The molecule has 0 N–H and O–H groups in total. The van der Waals surface area contributed by atoms with Gasteiger partial charge in [-0.3, -0.25) is 4.99 Å². The molecule has 21 heavy (non-hydrogen) atoms. The maximum Gasteiger partial charge on any atom is 0.119 e. The van der Waals surface area contributed by atoms with Gasteiger partial charge in [0.15, 0.2) is 0 Å². The van der Waals surface area contributed by atoms with Crippen molar-refractivity contribution in [1.82, 2.24) is 0 Å². The summed E-state index contributed by atoms with van der Waals surface area (Å²) in [6, 6.07) is 13.5. The van der Waals surface area contributed by atoms with Crippen LogP contribution in [0.25, 0.3) is 10.4 Å². The number of rotatable bonds is 3. The molecule has 3 rings (SSSR count). The quantitative estimate of drug-likeness (QED) is 0.474. The Morgan fingerprint density at radius 2 is 2.00 bits per heavy atom. The van der Waals surface area contributed by atoms with Gasteiger partial charge in [0.25, 0.3) is 0 Å². The second kappa shape index (κ2) is 5.69. The first kappa shape index (κ1) is 13.2. The molecule has 0 fully saturated rings. The molecule has 0 saturated heterocycles. The average Bonchev–Trinajstić information content (AvgIpc) is 2.55. The molecule has 0 saturated carbocycles. The lowest BCUT2D eigenvalue weighted by atomic mass is 9.93. The molecule has 1 heterocycles.